The van der Waals surface area contributed by atoms with E-state index in [1.54, 1.807) is 0 Å². The van der Waals surface area contributed by atoms with Gasteiger partial charge in [0.15, 0.2) is 0 Å². The van der Waals surface area contributed by atoms with Crippen LogP contribution >= 0.6 is 0 Å². The Balaban J connectivity index is 2.78. The van der Waals surface area contributed by atoms with Crippen LogP contribution in [0.2, 0.25) is 0 Å². The van der Waals surface area contributed by atoms with Crippen molar-refractivity contribution in [1.29, 1.82) is 0 Å². The summed E-state index contributed by atoms with van der Waals surface area (Å²) in [4.78, 5) is 10.9. The number of halogens is 1. The molecule has 4 heteroatoms. The van der Waals surface area contributed by atoms with Gasteiger partial charge in [-0.1, -0.05) is 6.92 Å². The number of primary amides is 1. The second kappa shape index (κ2) is 5.61. The summed E-state index contributed by atoms with van der Waals surface area (Å²) in [5, 5.41) is 3.16. The summed E-state index contributed by atoms with van der Waals surface area (Å²) in [6.45, 7) is 4.48. The van der Waals surface area contributed by atoms with E-state index >= 15 is 0 Å². The van der Waals surface area contributed by atoms with Crippen molar-refractivity contribution in [2.45, 2.75) is 32.9 Å². The Morgan fingerprint density at radius 3 is 2.81 bits per heavy atom. The Bertz CT molecular complexity index is 379. The molecule has 1 aromatic rings. The number of hydrogen-bond donors (Lipinski definition) is 2. The van der Waals surface area contributed by atoms with Crippen LogP contribution in [0.25, 0.3) is 0 Å². The van der Waals surface area contributed by atoms with Gasteiger partial charge in [0.05, 0.1) is 0 Å². The summed E-state index contributed by atoms with van der Waals surface area (Å²) in [6, 6.07) is 4.47. The summed E-state index contributed by atoms with van der Waals surface area (Å²) < 4.78 is 13.4. The first-order chi connectivity index (χ1) is 7.54. The minimum atomic E-state index is -0.537. The van der Waals surface area contributed by atoms with Gasteiger partial charge in [-0.15, -0.1) is 0 Å². The molecule has 88 valence electrons. The lowest BCUT2D eigenvalue weighted by Crippen LogP contribution is -2.25. The Morgan fingerprint density at radius 2 is 2.25 bits per heavy atom. The molecule has 0 saturated heterocycles. The van der Waals surface area contributed by atoms with E-state index in [0.29, 0.717) is 23.7 Å². The molecule has 0 heterocycles. The van der Waals surface area contributed by atoms with Crippen LogP contribution in [-0.2, 0) is 6.54 Å². The zero-order chi connectivity index (χ0) is 12.1. The number of carbonyl (C=O) groups excluding carboxylic acids is 1. The van der Waals surface area contributed by atoms with Gasteiger partial charge in [0.2, 0.25) is 5.91 Å². The fourth-order valence-electron chi connectivity index (χ4n) is 1.29. The number of nitrogens with one attached hydrogen (secondary N) is 1. The van der Waals surface area contributed by atoms with E-state index < -0.39 is 5.91 Å². The third-order valence-corrected chi connectivity index (χ3v) is 2.58. The molecule has 3 N–H and O–H groups in total. The van der Waals surface area contributed by atoms with Crippen LogP contribution in [0.3, 0.4) is 0 Å². The molecule has 1 aromatic carbocycles. The van der Waals surface area contributed by atoms with Crippen LogP contribution < -0.4 is 11.1 Å². The predicted octanol–water partition coefficient (Wildman–Crippen LogP) is 1.81. The quantitative estimate of drug-likeness (QED) is 0.801. The fourth-order valence-corrected chi connectivity index (χ4v) is 1.29. The molecule has 0 spiro atoms. The molecular weight excluding hydrogens is 207 g/mol. The summed E-state index contributed by atoms with van der Waals surface area (Å²) in [7, 11) is 0. The van der Waals surface area contributed by atoms with E-state index in [9.17, 15) is 9.18 Å². The van der Waals surface area contributed by atoms with Crippen molar-refractivity contribution in [3.8, 4) is 0 Å². The third-order valence-electron chi connectivity index (χ3n) is 2.58. The highest BCUT2D eigenvalue weighted by Crippen LogP contribution is 2.10. The molecule has 3 nitrogen and oxygen atoms in total. The topological polar surface area (TPSA) is 55.1 Å². The van der Waals surface area contributed by atoms with Gasteiger partial charge in [0.25, 0.3) is 0 Å². The van der Waals surface area contributed by atoms with Crippen molar-refractivity contribution in [3.63, 3.8) is 0 Å². The number of nitrogens with two attached hydrogens (primary N) is 1. The van der Waals surface area contributed by atoms with Crippen molar-refractivity contribution in [3.05, 3.63) is 35.1 Å². The SMILES string of the molecule is CCC(C)NCc1cc(C(N)=O)ccc1F. The molecule has 0 aliphatic heterocycles. The van der Waals surface area contributed by atoms with Crippen molar-refractivity contribution < 1.29 is 9.18 Å². The maximum atomic E-state index is 13.4. The van der Waals surface area contributed by atoms with Crippen molar-refractivity contribution in [2.75, 3.05) is 0 Å². The van der Waals surface area contributed by atoms with Crippen LogP contribution in [0.4, 0.5) is 4.39 Å². The van der Waals surface area contributed by atoms with E-state index in [2.05, 4.69) is 5.32 Å². The Hall–Kier alpha value is -1.42. The number of carbonyl (C=O) groups is 1. The van der Waals surface area contributed by atoms with E-state index in [-0.39, 0.29) is 5.82 Å². The van der Waals surface area contributed by atoms with E-state index in [0.717, 1.165) is 6.42 Å². The van der Waals surface area contributed by atoms with Crippen molar-refractivity contribution in [1.82, 2.24) is 5.32 Å². The van der Waals surface area contributed by atoms with Gasteiger partial charge in [0, 0.05) is 23.7 Å². The monoisotopic (exact) mass is 224 g/mol. The summed E-state index contributed by atoms with van der Waals surface area (Å²) in [6.07, 6.45) is 0.969. The van der Waals surface area contributed by atoms with Gasteiger partial charge >= 0.3 is 0 Å². The van der Waals surface area contributed by atoms with Gasteiger partial charge in [-0.3, -0.25) is 4.79 Å². The molecule has 0 aliphatic carbocycles. The number of rotatable bonds is 5. The van der Waals surface area contributed by atoms with Crippen molar-refractivity contribution >= 4 is 5.91 Å². The Labute approximate surface area is 94.8 Å². The summed E-state index contributed by atoms with van der Waals surface area (Å²) in [5.41, 5.74) is 5.94. The predicted molar refractivity (Wildman–Crippen MR) is 61.5 cm³/mol. The second-order valence-corrected chi connectivity index (χ2v) is 3.86. The summed E-state index contributed by atoms with van der Waals surface area (Å²) in [5.74, 6) is -0.856. The average molecular weight is 224 g/mol. The molecular formula is C12H17FN2O. The average Bonchev–Trinajstić information content (AvgIpc) is 2.27. The highest BCUT2D eigenvalue weighted by atomic mass is 19.1. The van der Waals surface area contributed by atoms with Gasteiger partial charge in [0.1, 0.15) is 5.82 Å². The number of amides is 1. The van der Waals surface area contributed by atoms with E-state index in [1.165, 1.54) is 18.2 Å². The van der Waals surface area contributed by atoms with Crippen LogP contribution in [0.15, 0.2) is 18.2 Å². The minimum absolute atomic E-state index is 0.316. The molecule has 0 radical (unpaired) electrons. The lowest BCUT2D eigenvalue weighted by molar-refractivity contribution is 0.1000. The van der Waals surface area contributed by atoms with Gasteiger partial charge in [-0.2, -0.15) is 0 Å². The molecule has 16 heavy (non-hydrogen) atoms. The zero-order valence-corrected chi connectivity index (χ0v) is 9.59. The van der Waals surface area contributed by atoms with Gasteiger partial charge in [-0.05, 0) is 31.5 Å². The molecule has 0 fully saturated rings. The largest absolute Gasteiger partial charge is 0.366 e. The number of hydrogen-bond acceptors (Lipinski definition) is 2. The van der Waals surface area contributed by atoms with Crippen LogP contribution in [0, 0.1) is 5.82 Å². The van der Waals surface area contributed by atoms with Crippen LogP contribution in [0.1, 0.15) is 36.2 Å². The molecule has 1 unspecified atom stereocenters. The maximum Gasteiger partial charge on any atom is 0.248 e. The van der Waals surface area contributed by atoms with E-state index in [4.69, 9.17) is 5.73 Å². The first-order valence-corrected chi connectivity index (χ1v) is 5.36. The standard InChI is InChI=1S/C12H17FN2O/c1-3-8(2)15-7-10-6-9(12(14)16)4-5-11(10)13/h4-6,8,15H,3,7H2,1-2H3,(H2,14,16). The Kier molecular flexibility index (Phi) is 4.43. The first-order valence-electron chi connectivity index (χ1n) is 5.36. The van der Waals surface area contributed by atoms with Crippen LogP contribution in [0.5, 0.6) is 0 Å². The van der Waals surface area contributed by atoms with Gasteiger partial charge in [-0.25, -0.2) is 4.39 Å². The van der Waals surface area contributed by atoms with Crippen LogP contribution in [-0.4, -0.2) is 11.9 Å². The third kappa shape index (κ3) is 3.31. The molecule has 0 saturated carbocycles. The highest BCUT2D eigenvalue weighted by molar-refractivity contribution is 5.92. The minimum Gasteiger partial charge on any atom is -0.366 e. The summed E-state index contributed by atoms with van der Waals surface area (Å²) >= 11 is 0. The van der Waals surface area contributed by atoms with E-state index in [1.807, 2.05) is 13.8 Å². The smallest absolute Gasteiger partial charge is 0.248 e. The highest BCUT2D eigenvalue weighted by Gasteiger charge is 2.07. The molecule has 1 atom stereocenters. The first kappa shape index (κ1) is 12.6. The molecule has 0 bridgehead atoms. The zero-order valence-electron chi connectivity index (χ0n) is 9.59. The van der Waals surface area contributed by atoms with Crippen molar-refractivity contribution in [2.24, 2.45) is 5.73 Å². The fraction of sp³-hybridized carbons (Fsp3) is 0.417. The normalized spacial score (nSPS) is 12.4. The molecule has 1 rings (SSSR count). The molecule has 1 amide bonds. The lowest BCUT2D eigenvalue weighted by Gasteiger charge is -2.12. The maximum absolute atomic E-state index is 13.4. The van der Waals surface area contributed by atoms with Gasteiger partial charge < -0.3 is 11.1 Å². The second-order valence-electron chi connectivity index (χ2n) is 3.86. The molecule has 0 aliphatic rings. The number of benzene rings is 1. The lowest BCUT2D eigenvalue weighted by atomic mass is 10.1. The molecule has 0 aromatic heterocycles. The Morgan fingerprint density at radius 1 is 1.56 bits per heavy atom.